The van der Waals surface area contributed by atoms with Gasteiger partial charge in [-0.05, 0) is 37.5 Å². The van der Waals surface area contributed by atoms with E-state index in [4.69, 9.17) is 10.5 Å². The molecule has 0 aromatic rings. The Morgan fingerprint density at radius 3 is 2.61 bits per heavy atom. The Bertz CT molecular complexity index is 564. The summed E-state index contributed by atoms with van der Waals surface area (Å²) in [5.74, 6) is 1.76. The van der Waals surface area contributed by atoms with Crippen LogP contribution in [0.3, 0.4) is 0 Å². The molecule has 23 heavy (non-hydrogen) atoms. The first kappa shape index (κ1) is 18.9. The number of ether oxygens (including phenoxy) is 1. The third-order valence-corrected chi connectivity index (χ3v) is 3.97. The van der Waals surface area contributed by atoms with Crippen LogP contribution in [0.25, 0.3) is 0 Å². The van der Waals surface area contributed by atoms with E-state index in [1.54, 1.807) is 0 Å². The molecule has 1 aliphatic heterocycles. The molecule has 126 valence electrons. The van der Waals surface area contributed by atoms with Crippen LogP contribution in [0.15, 0.2) is 72.1 Å². The molecular formula is C20H30N2O. The minimum absolute atomic E-state index is 0.278. The van der Waals surface area contributed by atoms with Gasteiger partial charge >= 0.3 is 0 Å². The highest BCUT2D eigenvalue weighted by atomic mass is 16.5. The van der Waals surface area contributed by atoms with Crippen LogP contribution in [0.5, 0.6) is 0 Å². The van der Waals surface area contributed by atoms with Gasteiger partial charge in [-0.3, -0.25) is 0 Å². The van der Waals surface area contributed by atoms with Gasteiger partial charge in [0.1, 0.15) is 11.5 Å². The summed E-state index contributed by atoms with van der Waals surface area (Å²) in [5.41, 5.74) is 9.70. The lowest BCUT2D eigenvalue weighted by Crippen LogP contribution is -2.15. The number of nitrogens with one attached hydrogen (secondary N) is 1. The van der Waals surface area contributed by atoms with Crippen molar-refractivity contribution in [2.24, 2.45) is 11.7 Å². The van der Waals surface area contributed by atoms with Crippen LogP contribution in [-0.4, -0.2) is 0 Å². The van der Waals surface area contributed by atoms with Gasteiger partial charge in [0.05, 0.1) is 0 Å². The minimum Gasteiger partial charge on any atom is -0.461 e. The first-order valence-corrected chi connectivity index (χ1v) is 8.26. The molecule has 1 heterocycles. The number of hydrogen-bond acceptors (Lipinski definition) is 3. The maximum atomic E-state index is 6.17. The van der Waals surface area contributed by atoms with Crippen molar-refractivity contribution < 1.29 is 4.74 Å². The van der Waals surface area contributed by atoms with Gasteiger partial charge in [-0.15, -0.1) is 0 Å². The molecule has 0 amide bonds. The van der Waals surface area contributed by atoms with Crippen LogP contribution in [0.4, 0.5) is 0 Å². The highest BCUT2D eigenvalue weighted by Gasteiger charge is 2.21. The number of rotatable bonds is 9. The van der Waals surface area contributed by atoms with Crippen molar-refractivity contribution in [2.75, 3.05) is 0 Å². The fraction of sp³-hybridized carbons (Fsp3) is 0.400. The lowest BCUT2D eigenvalue weighted by Gasteiger charge is -2.25. The molecule has 0 aliphatic carbocycles. The van der Waals surface area contributed by atoms with E-state index in [2.05, 4.69) is 45.0 Å². The maximum absolute atomic E-state index is 6.17. The Balaban J connectivity index is 2.62. The van der Waals surface area contributed by atoms with Crippen molar-refractivity contribution in [1.82, 2.24) is 5.32 Å². The van der Waals surface area contributed by atoms with Gasteiger partial charge in [0, 0.05) is 29.0 Å². The van der Waals surface area contributed by atoms with Gasteiger partial charge in [0.25, 0.3) is 0 Å². The Hall–Kier alpha value is -2.16. The van der Waals surface area contributed by atoms with Crippen LogP contribution in [0.1, 0.15) is 46.5 Å². The summed E-state index contributed by atoms with van der Waals surface area (Å²) >= 11 is 0. The highest BCUT2D eigenvalue weighted by molar-refractivity contribution is 5.50. The van der Waals surface area contributed by atoms with Crippen molar-refractivity contribution in [1.29, 1.82) is 0 Å². The number of allylic oxidation sites excluding steroid dienone is 5. The van der Waals surface area contributed by atoms with E-state index in [-0.39, 0.29) is 5.92 Å². The second-order valence-electron chi connectivity index (χ2n) is 5.84. The Morgan fingerprint density at radius 1 is 1.35 bits per heavy atom. The zero-order valence-electron chi connectivity index (χ0n) is 14.7. The van der Waals surface area contributed by atoms with Crippen molar-refractivity contribution in [2.45, 2.75) is 46.5 Å². The Labute approximate surface area is 141 Å². The van der Waals surface area contributed by atoms with E-state index in [9.17, 15) is 0 Å². The van der Waals surface area contributed by atoms with Gasteiger partial charge < -0.3 is 15.8 Å². The largest absolute Gasteiger partial charge is 0.461 e. The molecule has 0 fully saturated rings. The van der Waals surface area contributed by atoms with E-state index >= 15 is 0 Å². The Kier molecular flexibility index (Phi) is 7.46. The molecule has 0 saturated carbocycles. The second-order valence-corrected chi connectivity index (χ2v) is 5.84. The fourth-order valence-electron chi connectivity index (χ4n) is 2.28. The van der Waals surface area contributed by atoms with Crippen molar-refractivity contribution in [3.8, 4) is 0 Å². The molecule has 0 bridgehead atoms. The van der Waals surface area contributed by atoms with Gasteiger partial charge in [-0.2, -0.15) is 0 Å². The average molecular weight is 314 g/mol. The van der Waals surface area contributed by atoms with Crippen LogP contribution < -0.4 is 11.1 Å². The average Bonchev–Trinajstić information content (AvgIpc) is 2.52. The molecule has 0 saturated heterocycles. The molecule has 3 N–H and O–H groups in total. The summed E-state index contributed by atoms with van der Waals surface area (Å²) in [6.07, 6.45) is 9.67. The molecule has 1 rings (SSSR count). The van der Waals surface area contributed by atoms with Crippen molar-refractivity contribution >= 4 is 0 Å². The zero-order valence-corrected chi connectivity index (χ0v) is 14.7. The van der Waals surface area contributed by atoms with E-state index in [0.29, 0.717) is 11.5 Å². The summed E-state index contributed by atoms with van der Waals surface area (Å²) in [6.45, 7) is 18.2. The molecule has 0 radical (unpaired) electrons. The van der Waals surface area contributed by atoms with Crippen molar-refractivity contribution in [3.63, 3.8) is 0 Å². The minimum atomic E-state index is 0.278. The van der Waals surface area contributed by atoms with Crippen LogP contribution in [0, 0.1) is 5.92 Å². The number of nitrogens with two attached hydrogens (primary N) is 1. The quantitative estimate of drug-likeness (QED) is 0.627. The summed E-state index contributed by atoms with van der Waals surface area (Å²) < 4.78 is 5.88. The molecule has 1 atom stereocenters. The molecular weight excluding hydrogens is 284 g/mol. The van der Waals surface area contributed by atoms with Crippen LogP contribution in [-0.2, 0) is 4.74 Å². The SMILES string of the molecule is C=C(CC)N/C=C/CCC(C)C1=CC(N)=C(C(=C)CC)C(=C)O1. The lowest BCUT2D eigenvalue weighted by molar-refractivity contribution is 0.259. The maximum Gasteiger partial charge on any atom is 0.129 e. The molecule has 0 aromatic heterocycles. The lowest BCUT2D eigenvalue weighted by atomic mass is 9.96. The highest BCUT2D eigenvalue weighted by Crippen LogP contribution is 2.33. The van der Waals surface area contributed by atoms with E-state index in [0.717, 1.165) is 48.3 Å². The first-order chi connectivity index (χ1) is 10.9. The molecule has 3 nitrogen and oxygen atoms in total. The van der Waals surface area contributed by atoms with Gasteiger partial charge in [-0.25, -0.2) is 0 Å². The molecule has 1 unspecified atom stereocenters. The number of hydrogen-bond donors (Lipinski definition) is 2. The molecule has 1 aliphatic rings. The standard InChI is InChI=1S/C20H30N2O/c1-7-14(3)20-17(6)23-19(13-18(20)21)15(4)11-9-10-12-22-16(5)8-2/h10,12-13,15,22H,3,5-9,11,21H2,1-2,4H3/b12-10+. The van der Waals surface area contributed by atoms with E-state index in [1.807, 2.05) is 19.2 Å². The summed E-state index contributed by atoms with van der Waals surface area (Å²) in [5, 5.41) is 3.15. The Morgan fingerprint density at radius 2 is 2.04 bits per heavy atom. The van der Waals surface area contributed by atoms with Crippen LogP contribution >= 0.6 is 0 Å². The van der Waals surface area contributed by atoms with Gasteiger partial charge in [0.2, 0.25) is 0 Å². The molecule has 0 spiro atoms. The van der Waals surface area contributed by atoms with Crippen molar-refractivity contribution in [3.05, 3.63) is 72.1 Å². The second kappa shape index (κ2) is 9.09. The monoisotopic (exact) mass is 314 g/mol. The summed E-state index contributed by atoms with van der Waals surface area (Å²) in [7, 11) is 0. The molecule has 0 aromatic carbocycles. The first-order valence-electron chi connectivity index (χ1n) is 8.26. The predicted octanol–water partition coefficient (Wildman–Crippen LogP) is 5.04. The van der Waals surface area contributed by atoms with E-state index in [1.165, 1.54) is 0 Å². The third-order valence-electron chi connectivity index (χ3n) is 3.97. The summed E-state index contributed by atoms with van der Waals surface area (Å²) in [6, 6.07) is 0. The fourth-order valence-corrected chi connectivity index (χ4v) is 2.28. The molecule has 3 heteroatoms. The summed E-state index contributed by atoms with van der Waals surface area (Å²) in [4.78, 5) is 0. The van der Waals surface area contributed by atoms with E-state index < -0.39 is 0 Å². The topological polar surface area (TPSA) is 47.3 Å². The normalized spacial score (nSPS) is 16.1. The smallest absolute Gasteiger partial charge is 0.129 e. The predicted molar refractivity (Wildman–Crippen MR) is 99.1 cm³/mol. The third kappa shape index (κ3) is 5.51. The van der Waals surface area contributed by atoms with Crippen LogP contribution in [0.2, 0.25) is 0 Å². The van der Waals surface area contributed by atoms with Gasteiger partial charge in [0.15, 0.2) is 0 Å². The van der Waals surface area contributed by atoms with Gasteiger partial charge in [-0.1, -0.05) is 46.6 Å². The zero-order chi connectivity index (χ0) is 17.4.